The Kier molecular flexibility index (Phi) is 15.4. The van der Waals surface area contributed by atoms with Crippen molar-refractivity contribution in [2.45, 2.75) is 81.1 Å². The molecular weight excluding hydrogens is 426 g/mol. The molecule has 0 amide bonds. The number of hydrogen-bond donors (Lipinski definition) is 0. The molecule has 0 aromatic rings. The zero-order valence-corrected chi connectivity index (χ0v) is 21.2. The maximum Gasteiger partial charge on any atom is 4.00 e. The third-order valence-electron chi connectivity index (χ3n) is 5.15. The molecule has 0 saturated heterocycles. The summed E-state index contributed by atoms with van der Waals surface area (Å²) in [7, 11) is 0. The Morgan fingerprint density at radius 1 is 0.760 bits per heavy atom. The second-order valence-corrected chi connectivity index (χ2v) is 7.93. The fourth-order valence-corrected chi connectivity index (χ4v) is 2.45. The van der Waals surface area contributed by atoms with Crippen LogP contribution in [0.1, 0.15) is 81.1 Å². The molecule has 0 nitrogen and oxygen atoms in total. The number of rotatable bonds is 4. The van der Waals surface area contributed by atoms with Crippen LogP contribution in [0.15, 0.2) is 34.4 Å². The van der Waals surface area contributed by atoms with Crippen molar-refractivity contribution in [1.29, 1.82) is 0 Å². The van der Waals surface area contributed by atoms with Gasteiger partial charge in [0, 0.05) is 0 Å². The van der Waals surface area contributed by atoms with Crippen LogP contribution in [0, 0.1) is 23.0 Å². The van der Waals surface area contributed by atoms with Crippen molar-refractivity contribution in [3.05, 3.63) is 46.6 Å². The predicted octanol–water partition coefficient (Wildman–Crippen LogP) is 1.01. The van der Waals surface area contributed by atoms with Crippen molar-refractivity contribution in [1.82, 2.24) is 0 Å². The van der Waals surface area contributed by atoms with Crippen molar-refractivity contribution in [3.63, 3.8) is 0 Å². The van der Waals surface area contributed by atoms with Crippen LogP contribution in [-0.4, -0.2) is 0 Å². The Bertz CT molecular complexity index is 472. The van der Waals surface area contributed by atoms with Crippen LogP contribution in [0.3, 0.4) is 0 Å². The van der Waals surface area contributed by atoms with Gasteiger partial charge in [-0.15, -0.1) is 0 Å². The van der Waals surface area contributed by atoms with Gasteiger partial charge in [-0.3, -0.25) is 0 Å². The first-order valence-corrected chi connectivity index (χ1v) is 8.72. The van der Waals surface area contributed by atoms with E-state index in [1.807, 2.05) is 0 Å². The Hall–Kier alpha value is 0.423. The van der Waals surface area contributed by atoms with E-state index in [1.165, 1.54) is 35.1 Å². The fourth-order valence-electron chi connectivity index (χ4n) is 2.45. The van der Waals surface area contributed by atoms with E-state index < -0.39 is 0 Å². The third kappa shape index (κ3) is 9.26. The molecular formula is C22H34Cl2Zr. The van der Waals surface area contributed by atoms with Gasteiger partial charge < -0.3 is 24.8 Å². The molecule has 0 radical (unpaired) electrons. The van der Waals surface area contributed by atoms with Crippen molar-refractivity contribution in [2.75, 3.05) is 0 Å². The van der Waals surface area contributed by atoms with Gasteiger partial charge in [-0.1, -0.05) is 68.2 Å². The first-order valence-electron chi connectivity index (χ1n) is 8.72. The van der Waals surface area contributed by atoms with Gasteiger partial charge in [0.25, 0.3) is 0 Å². The molecule has 0 aromatic heterocycles. The fraction of sp³-hybridized carbons (Fsp3) is 0.636. The molecule has 0 atom stereocenters. The van der Waals surface area contributed by atoms with Crippen molar-refractivity contribution < 1.29 is 51.0 Å². The van der Waals surface area contributed by atoms with Gasteiger partial charge in [-0.25, -0.2) is 35.5 Å². The summed E-state index contributed by atoms with van der Waals surface area (Å²) < 4.78 is 0. The molecule has 0 heterocycles. The third-order valence-corrected chi connectivity index (χ3v) is 5.15. The second kappa shape index (κ2) is 12.7. The Morgan fingerprint density at radius 3 is 1.20 bits per heavy atom. The molecule has 140 valence electrons. The molecule has 0 aliphatic heterocycles. The second-order valence-electron chi connectivity index (χ2n) is 7.93. The van der Waals surface area contributed by atoms with Crippen LogP contribution < -0.4 is 24.8 Å². The zero-order valence-electron chi connectivity index (χ0n) is 17.2. The van der Waals surface area contributed by atoms with Crippen LogP contribution >= 0.6 is 0 Å². The van der Waals surface area contributed by atoms with Crippen LogP contribution in [0.4, 0.5) is 0 Å². The topological polar surface area (TPSA) is 0 Å². The normalized spacial score (nSPS) is 16.0. The molecule has 0 bridgehead atoms. The van der Waals surface area contributed by atoms with Crippen molar-refractivity contribution >= 4 is 0 Å². The monoisotopic (exact) mass is 458 g/mol. The largest absolute Gasteiger partial charge is 4.00 e. The molecule has 0 spiro atoms. The van der Waals surface area contributed by atoms with Gasteiger partial charge in [0.2, 0.25) is 0 Å². The van der Waals surface area contributed by atoms with Crippen molar-refractivity contribution in [3.8, 4) is 0 Å². The molecule has 0 saturated carbocycles. The first kappa shape index (κ1) is 30.2. The Labute approximate surface area is 188 Å². The van der Waals surface area contributed by atoms with Gasteiger partial charge in [-0.05, 0) is 23.7 Å². The quantitative estimate of drug-likeness (QED) is 0.550. The summed E-state index contributed by atoms with van der Waals surface area (Å²) in [6.45, 7) is 17.9. The van der Waals surface area contributed by atoms with E-state index in [9.17, 15) is 0 Å². The van der Waals surface area contributed by atoms with Gasteiger partial charge >= 0.3 is 26.2 Å². The molecule has 2 aliphatic rings. The minimum Gasteiger partial charge on any atom is -1.00 e. The maximum atomic E-state index is 3.42. The SMILES string of the molecule is CCC(C)(C)C1=CCC(C)=[C-]1.CCC(C)(C)C1=CCC(C)=[C-]1.[Cl-].[Cl-].[Zr+4]. The number of halogens is 2. The molecule has 25 heavy (non-hydrogen) atoms. The average molecular weight is 461 g/mol. The van der Waals surface area contributed by atoms with Gasteiger partial charge in [0.05, 0.1) is 0 Å². The minimum atomic E-state index is 0. The number of allylic oxidation sites excluding steroid dienone is 8. The molecule has 0 unspecified atom stereocenters. The van der Waals surface area contributed by atoms with Crippen LogP contribution in [-0.2, 0) is 26.2 Å². The van der Waals surface area contributed by atoms with Crippen molar-refractivity contribution in [2.24, 2.45) is 10.8 Å². The molecule has 3 heteroatoms. The van der Waals surface area contributed by atoms with E-state index in [-0.39, 0.29) is 51.0 Å². The zero-order chi connectivity index (χ0) is 17.0. The summed E-state index contributed by atoms with van der Waals surface area (Å²) in [5, 5.41) is 0. The van der Waals surface area contributed by atoms with Crippen LogP contribution in [0.5, 0.6) is 0 Å². The van der Waals surface area contributed by atoms with Gasteiger partial charge in [0.1, 0.15) is 0 Å². The Balaban J connectivity index is -0.000000346. The van der Waals surface area contributed by atoms with Gasteiger partial charge in [-0.2, -0.15) is 11.1 Å². The first-order chi connectivity index (χ1) is 10.1. The summed E-state index contributed by atoms with van der Waals surface area (Å²) >= 11 is 0. The molecule has 2 aliphatic carbocycles. The molecule has 0 N–H and O–H groups in total. The summed E-state index contributed by atoms with van der Waals surface area (Å²) in [4.78, 5) is 0. The predicted molar refractivity (Wildman–Crippen MR) is 98.4 cm³/mol. The molecule has 0 aromatic carbocycles. The maximum absolute atomic E-state index is 3.42. The summed E-state index contributed by atoms with van der Waals surface area (Å²) in [5.74, 6) is 0. The standard InChI is InChI=1S/2C11H17.2ClH.Zr/c2*1-5-11(3,4)10-7-6-9(2)8-10;;;/h2*7H,5-6H2,1-4H3;2*1H;/q2*-1;;;+4/p-2. The van der Waals surface area contributed by atoms with E-state index in [1.54, 1.807) is 0 Å². The summed E-state index contributed by atoms with van der Waals surface area (Å²) in [5.41, 5.74) is 6.22. The molecule has 0 fully saturated rings. The minimum absolute atomic E-state index is 0. The van der Waals surface area contributed by atoms with Gasteiger partial charge in [0.15, 0.2) is 0 Å². The number of hydrogen-bond acceptors (Lipinski definition) is 0. The smallest absolute Gasteiger partial charge is 1.00 e. The van der Waals surface area contributed by atoms with E-state index in [0.29, 0.717) is 10.8 Å². The van der Waals surface area contributed by atoms with E-state index in [2.05, 4.69) is 79.7 Å². The van der Waals surface area contributed by atoms with Crippen LogP contribution in [0.2, 0.25) is 0 Å². The average Bonchev–Trinajstić information content (AvgIpc) is 3.09. The van der Waals surface area contributed by atoms with E-state index >= 15 is 0 Å². The van der Waals surface area contributed by atoms with E-state index in [4.69, 9.17) is 0 Å². The summed E-state index contributed by atoms with van der Waals surface area (Å²) in [6, 6.07) is 0. The summed E-state index contributed by atoms with van der Waals surface area (Å²) in [6.07, 6.45) is 16.1. The Morgan fingerprint density at radius 2 is 1.04 bits per heavy atom. The van der Waals surface area contributed by atoms with E-state index in [0.717, 1.165) is 12.8 Å². The molecule has 2 rings (SSSR count). The van der Waals surface area contributed by atoms with Crippen LogP contribution in [0.25, 0.3) is 0 Å².